The molecular weight excluding hydrogens is 146 g/mol. The molecule has 1 rings (SSSR count). The van der Waals surface area contributed by atoms with Gasteiger partial charge in [0.2, 0.25) is 0 Å². The number of hydrogen-bond acceptors (Lipinski definition) is 3. The van der Waals surface area contributed by atoms with Crippen molar-refractivity contribution in [3.8, 4) is 0 Å². The highest BCUT2D eigenvalue weighted by Gasteiger charge is 2.22. The maximum absolute atomic E-state index is 10.8. The molecule has 0 aromatic rings. The van der Waals surface area contributed by atoms with E-state index in [1.807, 2.05) is 0 Å². The quantitative estimate of drug-likeness (QED) is 0.386. The van der Waals surface area contributed by atoms with Crippen molar-refractivity contribution in [1.29, 1.82) is 0 Å². The fourth-order valence-corrected chi connectivity index (χ4v) is 0.730. The highest BCUT2D eigenvalue weighted by atomic mass is 16.2. The molecule has 0 saturated carbocycles. The van der Waals surface area contributed by atoms with E-state index >= 15 is 0 Å². The Morgan fingerprint density at radius 2 is 1.91 bits per heavy atom. The van der Waals surface area contributed by atoms with Crippen molar-refractivity contribution in [1.82, 2.24) is 15.5 Å². The van der Waals surface area contributed by atoms with Gasteiger partial charge in [0.25, 0.3) is 5.91 Å². The number of rotatable bonds is 1. The van der Waals surface area contributed by atoms with Gasteiger partial charge in [0.15, 0.2) is 0 Å². The predicted octanol–water partition coefficient (Wildman–Crippen LogP) is -0.771. The predicted molar refractivity (Wildman–Crippen MR) is 38.4 cm³/mol. The van der Waals surface area contributed by atoms with E-state index in [0.717, 1.165) is 0 Å². The normalized spacial score (nSPS) is 20.0. The molecule has 11 heavy (non-hydrogen) atoms. The van der Waals surface area contributed by atoms with Crippen LogP contribution in [0, 0.1) is 0 Å². The number of hydrogen-bond donors (Lipinski definition) is 2. The smallest absolute Gasteiger partial charge is 0.326 e. The van der Waals surface area contributed by atoms with Gasteiger partial charge in [-0.15, -0.1) is 0 Å². The van der Waals surface area contributed by atoms with E-state index in [0.29, 0.717) is 0 Å². The van der Waals surface area contributed by atoms with E-state index in [1.54, 1.807) is 25.2 Å². The van der Waals surface area contributed by atoms with E-state index in [9.17, 15) is 9.59 Å². The molecule has 5 heteroatoms. The van der Waals surface area contributed by atoms with Crippen LogP contribution in [0.25, 0.3) is 0 Å². The first-order valence-corrected chi connectivity index (χ1v) is 3.10. The molecule has 1 aliphatic heterocycles. The number of amides is 3. The van der Waals surface area contributed by atoms with Gasteiger partial charge in [-0.1, -0.05) is 0 Å². The van der Waals surface area contributed by atoms with Crippen molar-refractivity contribution in [3.63, 3.8) is 0 Å². The van der Waals surface area contributed by atoms with Crippen LogP contribution in [-0.2, 0) is 4.79 Å². The van der Waals surface area contributed by atoms with Gasteiger partial charge in [0, 0.05) is 20.3 Å². The maximum Gasteiger partial charge on any atom is 0.326 e. The van der Waals surface area contributed by atoms with Crippen LogP contribution >= 0.6 is 0 Å². The lowest BCUT2D eigenvalue weighted by molar-refractivity contribution is -0.115. The summed E-state index contributed by atoms with van der Waals surface area (Å²) in [7, 11) is 3.54. The fourth-order valence-electron chi connectivity index (χ4n) is 0.730. The largest absolute Gasteiger partial charge is 0.382 e. The Labute approximate surface area is 64.1 Å². The lowest BCUT2D eigenvalue weighted by Crippen LogP contribution is -2.22. The zero-order valence-corrected chi connectivity index (χ0v) is 6.34. The van der Waals surface area contributed by atoms with Gasteiger partial charge in [-0.25, -0.2) is 4.79 Å². The molecule has 0 radical (unpaired) electrons. The van der Waals surface area contributed by atoms with E-state index in [-0.39, 0.29) is 11.6 Å². The van der Waals surface area contributed by atoms with Crippen LogP contribution in [0.5, 0.6) is 0 Å². The highest BCUT2D eigenvalue weighted by Crippen LogP contribution is 1.96. The maximum atomic E-state index is 10.8. The SMILES string of the molecule is CN(C)/C=C1\NC(=O)NC1=O. The second-order valence-electron chi connectivity index (χ2n) is 2.41. The first kappa shape index (κ1) is 7.59. The Morgan fingerprint density at radius 1 is 1.27 bits per heavy atom. The van der Waals surface area contributed by atoms with Crippen LogP contribution < -0.4 is 10.6 Å². The first-order chi connectivity index (χ1) is 5.09. The Bertz CT molecular complexity index is 232. The fraction of sp³-hybridized carbons (Fsp3) is 0.333. The van der Waals surface area contributed by atoms with E-state index < -0.39 is 6.03 Å². The lowest BCUT2D eigenvalue weighted by atomic mass is 10.4. The summed E-state index contributed by atoms with van der Waals surface area (Å²) >= 11 is 0. The number of nitrogens with zero attached hydrogens (tertiary/aromatic N) is 1. The van der Waals surface area contributed by atoms with Gasteiger partial charge >= 0.3 is 6.03 Å². The molecule has 0 atom stereocenters. The second-order valence-corrected chi connectivity index (χ2v) is 2.41. The van der Waals surface area contributed by atoms with Crippen molar-refractivity contribution in [2.75, 3.05) is 14.1 Å². The molecule has 0 aromatic carbocycles. The van der Waals surface area contributed by atoms with E-state index in [4.69, 9.17) is 0 Å². The monoisotopic (exact) mass is 155 g/mol. The van der Waals surface area contributed by atoms with Crippen molar-refractivity contribution >= 4 is 11.9 Å². The average molecular weight is 155 g/mol. The molecule has 1 saturated heterocycles. The summed E-state index contributed by atoms with van der Waals surface area (Å²) in [6.45, 7) is 0. The average Bonchev–Trinajstić information content (AvgIpc) is 2.09. The third-order valence-corrected chi connectivity index (χ3v) is 1.11. The summed E-state index contributed by atoms with van der Waals surface area (Å²) in [5, 5.41) is 4.44. The molecule has 2 N–H and O–H groups in total. The minimum Gasteiger partial charge on any atom is -0.382 e. The first-order valence-electron chi connectivity index (χ1n) is 3.10. The Balaban J connectivity index is 2.75. The summed E-state index contributed by atoms with van der Waals surface area (Å²) in [5.74, 6) is -0.385. The third kappa shape index (κ3) is 1.70. The lowest BCUT2D eigenvalue weighted by Gasteiger charge is -2.04. The van der Waals surface area contributed by atoms with Gasteiger partial charge in [-0.3, -0.25) is 10.1 Å². The Kier molecular flexibility index (Phi) is 1.80. The highest BCUT2D eigenvalue weighted by molar-refractivity contribution is 6.11. The second kappa shape index (κ2) is 2.61. The Morgan fingerprint density at radius 3 is 2.27 bits per heavy atom. The molecule has 0 bridgehead atoms. The Hall–Kier alpha value is -1.52. The van der Waals surface area contributed by atoms with Crippen LogP contribution in [0.2, 0.25) is 0 Å². The van der Waals surface area contributed by atoms with E-state index in [2.05, 4.69) is 10.6 Å². The van der Waals surface area contributed by atoms with E-state index in [1.165, 1.54) is 0 Å². The van der Waals surface area contributed by atoms with Gasteiger partial charge in [-0.2, -0.15) is 0 Å². The van der Waals surface area contributed by atoms with Crippen LogP contribution in [0.15, 0.2) is 11.9 Å². The summed E-state index contributed by atoms with van der Waals surface area (Å²) in [5.41, 5.74) is 0.278. The molecule has 3 amide bonds. The minimum atomic E-state index is -0.469. The van der Waals surface area contributed by atoms with Crippen molar-refractivity contribution < 1.29 is 9.59 Å². The third-order valence-electron chi connectivity index (χ3n) is 1.11. The molecule has 0 unspecified atom stereocenters. The summed E-state index contributed by atoms with van der Waals surface area (Å²) in [4.78, 5) is 23.1. The summed E-state index contributed by atoms with van der Waals surface area (Å²) in [6, 6.07) is -0.469. The van der Waals surface area contributed by atoms with Gasteiger partial charge in [0.05, 0.1) is 0 Å². The number of urea groups is 1. The molecular formula is C6H9N3O2. The topological polar surface area (TPSA) is 61.4 Å². The molecule has 0 aliphatic carbocycles. The number of imide groups is 1. The summed E-state index contributed by atoms with van der Waals surface area (Å²) < 4.78 is 0. The number of nitrogens with one attached hydrogen (secondary N) is 2. The van der Waals surface area contributed by atoms with Crippen LogP contribution in [0.4, 0.5) is 4.79 Å². The zero-order chi connectivity index (χ0) is 8.43. The molecule has 0 spiro atoms. The van der Waals surface area contributed by atoms with Gasteiger partial charge < -0.3 is 10.2 Å². The van der Waals surface area contributed by atoms with Crippen molar-refractivity contribution in [2.24, 2.45) is 0 Å². The van der Waals surface area contributed by atoms with Gasteiger partial charge in [-0.05, 0) is 0 Å². The molecule has 1 aliphatic rings. The molecule has 0 aromatic heterocycles. The molecule has 1 fully saturated rings. The van der Waals surface area contributed by atoms with Crippen LogP contribution in [0.3, 0.4) is 0 Å². The van der Waals surface area contributed by atoms with Crippen molar-refractivity contribution in [2.45, 2.75) is 0 Å². The minimum absolute atomic E-state index is 0.278. The zero-order valence-electron chi connectivity index (χ0n) is 6.34. The van der Waals surface area contributed by atoms with Crippen LogP contribution in [-0.4, -0.2) is 30.9 Å². The number of carbonyl (C=O) groups excluding carboxylic acids is 2. The molecule has 60 valence electrons. The molecule has 1 heterocycles. The standard InChI is InChI=1S/C6H9N3O2/c1-9(2)3-4-5(10)8-6(11)7-4/h3H,1-2H3,(H2,7,8,10,11)/b4-3-. The van der Waals surface area contributed by atoms with Crippen molar-refractivity contribution in [3.05, 3.63) is 11.9 Å². The molecule has 5 nitrogen and oxygen atoms in total. The number of carbonyl (C=O) groups is 2. The summed E-state index contributed by atoms with van der Waals surface area (Å²) in [6.07, 6.45) is 1.54. The van der Waals surface area contributed by atoms with Gasteiger partial charge in [0.1, 0.15) is 5.70 Å². The van der Waals surface area contributed by atoms with Crippen LogP contribution in [0.1, 0.15) is 0 Å².